The number of carbonyl (C=O) groups excluding carboxylic acids is 1. The number of hydrogen-bond acceptors (Lipinski definition) is 2. The van der Waals surface area contributed by atoms with Crippen LogP contribution in [0.5, 0.6) is 0 Å². The average Bonchev–Trinajstić information content (AvgIpc) is 3.05. The van der Waals surface area contributed by atoms with Crippen molar-refractivity contribution in [1.82, 2.24) is 0 Å². The number of aryl methyl sites for hydroxylation is 1. The van der Waals surface area contributed by atoms with Gasteiger partial charge in [0.2, 0.25) is 0 Å². The van der Waals surface area contributed by atoms with Crippen LogP contribution in [-0.4, -0.2) is 11.6 Å². The predicted molar refractivity (Wildman–Crippen MR) is 84.3 cm³/mol. The summed E-state index contributed by atoms with van der Waals surface area (Å²) in [4.78, 5) is 12.7. The SMILES string of the molecule is C=C[C@H]1CC[C@@H]2[C@H]3CCc4ccc(F)cc4[C@@H]3[C@@H]3C[C@@]21OC3=O. The van der Waals surface area contributed by atoms with Gasteiger partial charge in [-0.25, -0.2) is 4.39 Å². The maximum atomic E-state index is 13.8. The lowest BCUT2D eigenvalue weighted by molar-refractivity contribution is -0.154. The molecule has 3 aliphatic carbocycles. The van der Waals surface area contributed by atoms with Crippen LogP contribution in [0.1, 0.15) is 42.7 Å². The molecule has 1 spiro atoms. The van der Waals surface area contributed by atoms with E-state index in [2.05, 4.69) is 6.58 Å². The number of benzene rings is 1. The van der Waals surface area contributed by atoms with Gasteiger partial charge >= 0.3 is 5.97 Å². The third-order valence-electron chi connectivity index (χ3n) is 7.09. The van der Waals surface area contributed by atoms with Gasteiger partial charge < -0.3 is 4.74 Å². The molecule has 0 N–H and O–H groups in total. The third-order valence-corrected chi connectivity index (χ3v) is 7.09. The molecule has 23 heavy (non-hydrogen) atoms. The Bertz CT molecular complexity index is 712. The maximum absolute atomic E-state index is 13.8. The Balaban J connectivity index is 1.66. The third kappa shape index (κ3) is 1.61. The molecule has 0 amide bonds. The lowest BCUT2D eigenvalue weighted by Crippen LogP contribution is -2.48. The standard InChI is InChI=1S/C20H21FO2/c1-2-12-5-8-17-14-7-4-11-3-6-13(21)9-15(11)18(14)16-10-20(12,17)23-19(16)22/h2-3,6,9,12,14,16-18H,1,4-5,7-8,10H2/t12-,14+,16-,17+,18+,20-/m0/s1. The summed E-state index contributed by atoms with van der Waals surface area (Å²) >= 11 is 0. The summed E-state index contributed by atoms with van der Waals surface area (Å²) in [6.45, 7) is 3.98. The van der Waals surface area contributed by atoms with E-state index in [4.69, 9.17) is 4.74 Å². The lowest BCUT2D eigenvalue weighted by Gasteiger charge is -2.47. The van der Waals surface area contributed by atoms with E-state index in [0.717, 1.165) is 37.7 Å². The predicted octanol–water partition coefficient (Wildman–Crippen LogP) is 4.00. The van der Waals surface area contributed by atoms with Crippen molar-refractivity contribution in [1.29, 1.82) is 0 Å². The molecule has 3 heteroatoms. The van der Waals surface area contributed by atoms with E-state index in [1.165, 1.54) is 5.56 Å². The summed E-state index contributed by atoms with van der Waals surface area (Å²) in [5, 5.41) is 0. The van der Waals surface area contributed by atoms with Gasteiger partial charge in [0.05, 0.1) is 5.92 Å². The Morgan fingerprint density at radius 1 is 1.30 bits per heavy atom. The number of hydrogen-bond donors (Lipinski definition) is 0. The van der Waals surface area contributed by atoms with E-state index in [9.17, 15) is 9.18 Å². The molecule has 0 aromatic heterocycles. The van der Waals surface area contributed by atoms with Crippen LogP contribution in [0.2, 0.25) is 0 Å². The fraction of sp³-hybridized carbons (Fsp3) is 0.550. The zero-order valence-electron chi connectivity index (χ0n) is 13.1. The molecule has 5 rings (SSSR count). The van der Waals surface area contributed by atoms with Crippen LogP contribution in [0, 0.1) is 29.5 Å². The van der Waals surface area contributed by atoms with Crippen LogP contribution in [0.15, 0.2) is 30.9 Å². The molecule has 6 atom stereocenters. The smallest absolute Gasteiger partial charge is 0.310 e. The first-order chi connectivity index (χ1) is 11.1. The minimum absolute atomic E-state index is 0.0617. The van der Waals surface area contributed by atoms with E-state index < -0.39 is 0 Å². The topological polar surface area (TPSA) is 26.3 Å². The van der Waals surface area contributed by atoms with Crippen LogP contribution < -0.4 is 0 Å². The van der Waals surface area contributed by atoms with Crippen molar-refractivity contribution in [2.24, 2.45) is 23.7 Å². The molecular formula is C20H21FO2. The highest BCUT2D eigenvalue weighted by atomic mass is 19.1. The Morgan fingerprint density at radius 3 is 3.00 bits per heavy atom. The van der Waals surface area contributed by atoms with Gasteiger partial charge in [-0.05, 0) is 54.9 Å². The quantitative estimate of drug-likeness (QED) is 0.579. The summed E-state index contributed by atoms with van der Waals surface area (Å²) in [7, 11) is 0. The summed E-state index contributed by atoms with van der Waals surface area (Å²) in [6, 6.07) is 5.12. The Labute approximate surface area is 135 Å². The second-order valence-electron chi connectivity index (χ2n) is 7.78. The highest BCUT2D eigenvalue weighted by molar-refractivity contribution is 5.78. The summed E-state index contributed by atoms with van der Waals surface area (Å²) in [5.74, 6) is 0.936. The Morgan fingerprint density at radius 2 is 2.17 bits per heavy atom. The maximum Gasteiger partial charge on any atom is 0.310 e. The molecule has 1 aliphatic heterocycles. The van der Waals surface area contributed by atoms with Crippen molar-refractivity contribution in [3.05, 3.63) is 47.8 Å². The summed E-state index contributed by atoms with van der Waals surface area (Å²) in [6.07, 6.45) is 7.03. The van der Waals surface area contributed by atoms with Gasteiger partial charge in [-0.3, -0.25) is 4.79 Å². The molecule has 0 unspecified atom stereocenters. The molecule has 0 radical (unpaired) electrons. The number of carbonyl (C=O) groups is 1. The molecule has 120 valence electrons. The first kappa shape index (κ1) is 13.8. The summed E-state index contributed by atoms with van der Waals surface area (Å²) < 4.78 is 19.9. The van der Waals surface area contributed by atoms with Crippen molar-refractivity contribution in [3.8, 4) is 0 Å². The van der Waals surface area contributed by atoms with Crippen LogP contribution in [-0.2, 0) is 16.0 Å². The Hall–Kier alpha value is -1.64. The first-order valence-corrected chi connectivity index (χ1v) is 8.78. The van der Waals surface area contributed by atoms with Gasteiger partial charge in [0, 0.05) is 24.2 Å². The van der Waals surface area contributed by atoms with Crippen LogP contribution >= 0.6 is 0 Å². The van der Waals surface area contributed by atoms with Gasteiger partial charge in [-0.15, -0.1) is 6.58 Å². The van der Waals surface area contributed by atoms with Crippen LogP contribution in [0.4, 0.5) is 4.39 Å². The van der Waals surface area contributed by atoms with Gasteiger partial charge in [-0.2, -0.15) is 0 Å². The molecule has 4 aliphatic rings. The molecule has 1 heterocycles. The van der Waals surface area contributed by atoms with E-state index in [0.29, 0.717) is 11.8 Å². The minimum atomic E-state index is -0.310. The molecule has 2 bridgehead atoms. The summed E-state index contributed by atoms with van der Waals surface area (Å²) in [5.41, 5.74) is 1.98. The molecule has 2 nitrogen and oxygen atoms in total. The zero-order valence-corrected chi connectivity index (χ0v) is 13.1. The number of rotatable bonds is 1. The fourth-order valence-electron chi connectivity index (χ4n) is 6.28. The molecule has 2 saturated carbocycles. The number of ether oxygens (including phenoxy) is 1. The van der Waals surface area contributed by atoms with Gasteiger partial charge in [0.15, 0.2) is 0 Å². The van der Waals surface area contributed by atoms with Crippen molar-refractivity contribution in [2.45, 2.75) is 43.6 Å². The van der Waals surface area contributed by atoms with E-state index >= 15 is 0 Å². The van der Waals surface area contributed by atoms with Crippen LogP contribution in [0.25, 0.3) is 0 Å². The lowest BCUT2D eigenvalue weighted by atomic mass is 9.56. The fourth-order valence-corrected chi connectivity index (χ4v) is 6.28. The first-order valence-electron chi connectivity index (χ1n) is 8.78. The van der Waals surface area contributed by atoms with E-state index in [1.54, 1.807) is 12.1 Å². The number of fused-ring (bicyclic) bond motifs is 6. The van der Waals surface area contributed by atoms with Crippen molar-refractivity contribution in [3.63, 3.8) is 0 Å². The number of halogens is 1. The largest absolute Gasteiger partial charge is 0.458 e. The highest BCUT2D eigenvalue weighted by Gasteiger charge is 2.67. The highest BCUT2D eigenvalue weighted by Crippen LogP contribution is 2.65. The van der Waals surface area contributed by atoms with E-state index in [1.807, 2.05) is 12.1 Å². The van der Waals surface area contributed by atoms with Crippen molar-refractivity contribution >= 4 is 5.97 Å². The van der Waals surface area contributed by atoms with Gasteiger partial charge in [0.25, 0.3) is 0 Å². The van der Waals surface area contributed by atoms with Crippen LogP contribution in [0.3, 0.4) is 0 Å². The molecule has 1 saturated heterocycles. The number of esters is 1. The van der Waals surface area contributed by atoms with Crippen molar-refractivity contribution in [2.75, 3.05) is 0 Å². The molecule has 1 aromatic carbocycles. The molecule has 3 fully saturated rings. The normalized spacial score (nSPS) is 43.3. The van der Waals surface area contributed by atoms with E-state index in [-0.39, 0.29) is 35.1 Å². The molecule has 1 aromatic rings. The second-order valence-corrected chi connectivity index (χ2v) is 7.78. The van der Waals surface area contributed by atoms with Gasteiger partial charge in [-0.1, -0.05) is 12.1 Å². The van der Waals surface area contributed by atoms with Crippen molar-refractivity contribution < 1.29 is 13.9 Å². The Kier molecular flexibility index (Phi) is 2.67. The average molecular weight is 312 g/mol. The molecular weight excluding hydrogens is 291 g/mol. The monoisotopic (exact) mass is 312 g/mol. The zero-order chi connectivity index (χ0) is 15.8. The minimum Gasteiger partial charge on any atom is -0.458 e. The van der Waals surface area contributed by atoms with Gasteiger partial charge in [0.1, 0.15) is 11.4 Å². The second kappa shape index (κ2) is 4.46.